The molecule has 0 aromatic carbocycles. The van der Waals surface area contributed by atoms with E-state index >= 15 is 0 Å². The Morgan fingerprint density at radius 2 is 2.00 bits per heavy atom. The molecule has 0 radical (unpaired) electrons. The van der Waals surface area contributed by atoms with Gasteiger partial charge in [-0.15, -0.1) is 0 Å². The third-order valence-electron chi connectivity index (χ3n) is 1.70. The van der Waals surface area contributed by atoms with Gasteiger partial charge in [-0.2, -0.15) is 4.98 Å². The smallest absolute Gasteiger partial charge is 0.338 e. The molecule has 0 spiro atoms. The van der Waals surface area contributed by atoms with Gasteiger partial charge in [-0.25, -0.2) is 4.79 Å². The van der Waals surface area contributed by atoms with Crippen LogP contribution in [0, 0.1) is 0 Å². The predicted molar refractivity (Wildman–Crippen MR) is 53.3 cm³/mol. The predicted octanol–water partition coefficient (Wildman–Crippen LogP) is 1.28. The second kappa shape index (κ2) is 5.19. The largest absolute Gasteiger partial charge is 0.481 e. The molecule has 0 aliphatic carbocycles. The third-order valence-corrected chi connectivity index (χ3v) is 1.70. The molecule has 0 N–H and O–H groups in total. The Bertz CT molecular complexity index is 351. The minimum Gasteiger partial charge on any atom is -0.481 e. The first-order valence-electron chi connectivity index (χ1n) is 4.48. The highest BCUT2D eigenvalue weighted by molar-refractivity contribution is 5.89. The lowest BCUT2D eigenvalue weighted by atomic mass is 10.2. The molecule has 82 valence electrons. The first-order chi connectivity index (χ1) is 7.21. The van der Waals surface area contributed by atoms with Crippen molar-refractivity contribution in [1.82, 2.24) is 4.98 Å². The average Bonchev–Trinajstić information content (AvgIpc) is 2.28. The summed E-state index contributed by atoms with van der Waals surface area (Å²) in [6.07, 6.45) is 0. The number of rotatable bonds is 4. The maximum Gasteiger partial charge on any atom is 0.338 e. The highest BCUT2D eigenvalue weighted by Gasteiger charge is 2.10. The van der Waals surface area contributed by atoms with Crippen molar-refractivity contribution in [1.29, 1.82) is 0 Å². The van der Waals surface area contributed by atoms with Crippen LogP contribution in [0.2, 0.25) is 0 Å². The van der Waals surface area contributed by atoms with Crippen LogP contribution in [0.4, 0.5) is 0 Å². The summed E-state index contributed by atoms with van der Waals surface area (Å²) in [4.78, 5) is 15.3. The average molecular weight is 211 g/mol. The summed E-state index contributed by atoms with van der Waals surface area (Å²) in [5, 5.41) is 0. The van der Waals surface area contributed by atoms with Crippen LogP contribution in [0.1, 0.15) is 17.3 Å². The molecule has 15 heavy (non-hydrogen) atoms. The zero-order valence-corrected chi connectivity index (χ0v) is 8.94. The normalized spacial score (nSPS) is 9.53. The summed E-state index contributed by atoms with van der Waals surface area (Å²) < 4.78 is 14.7. The number of carbonyl (C=O) groups is 1. The van der Waals surface area contributed by atoms with Gasteiger partial charge in [0, 0.05) is 12.1 Å². The van der Waals surface area contributed by atoms with Gasteiger partial charge in [0.1, 0.15) is 0 Å². The van der Waals surface area contributed by atoms with E-state index in [1.54, 1.807) is 0 Å². The van der Waals surface area contributed by atoms with E-state index in [1.807, 2.05) is 6.92 Å². The Morgan fingerprint density at radius 3 is 2.53 bits per heavy atom. The van der Waals surface area contributed by atoms with Crippen molar-refractivity contribution < 1.29 is 19.0 Å². The lowest BCUT2D eigenvalue weighted by Crippen LogP contribution is -2.04. The molecule has 1 aromatic rings. The Hall–Kier alpha value is -1.78. The molecule has 0 bridgehead atoms. The van der Waals surface area contributed by atoms with Gasteiger partial charge in [-0.3, -0.25) is 0 Å². The maximum absolute atomic E-state index is 11.3. The maximum atomic E-state index is 11.3. The van der Waals surface area contributed by atoms with Gasteiger partial charge in [0.2, 0.25) is 11.8 Å². The Morgan fingerprint density at radius 1 is 1.33 bits per heavy atom. The van der Waals surface area contributed by atoms with Crippen molar-refractivity contribution in [3.05, 3.63) is 17.7 Å². The van der Waals surface area contributed by atoms with Crippen LogP contribution in [0.25, 0.3) is 0 Å². The van der Waals surface area contributed by atoms with Crippen molar-refractivity contribution in [2.75, 3.05) is 20.8 Å². The van der Waals surface area contributed by atoms with Crippen molar-refractivity contribution in [2.45, 2.75) is 6.92 Å². The van der Waals surface area contributed by atoms with Gasteiger partial charge < -0.3 is 14.2 Å². The molecule has 0 amide bonds. The lowest BCUT2D eigenvalue weighted by Gasteiger charge is -2.06. The summed E-state index contributed by atoms with van der Waals surface area (Å²) >= 11 is 0. The molecular formula is C10H13NO4. The number of esters is 1. The van der Waals surface area contributed by atoms with Crippen LogP contribution in [-0.2, 0) is 4.74 Å². The lowest BCUT2D eigenvalue weighted by molar-refractivity contribution is 0.0599. The zero-order chi connectivity index (χ0) is 11.3. The second-order valence-electron chi connectivity index (χ2n) is 2.66. The molecule has 5 nitrogen and oxygen atoms in total. The number of hydrogen-bond donors (Lipinski definition) is 0. The fourth-order valence-electron chi connectivity index (χ4n) is 1.04. The Labute approximate surface area is 88.0 Å². The van der Waals surface area contributed by atoms with Crippen LogP contribution in [0.3, 0.4) is 0 Å². The highest BCUT2D eigenvalue weighted by Crippen LogP contribution is 2.18. The first kappa shape index (κ1) is 11.3. The fraction of sp³-hybridized carbons (Fsp3) is 0.400. The number of aromatic nitrogens is 1. The van der Waals surface area contributed by atoms with Crippen LogP contribution >= 0.6 is 0 Å². The van der Waals surface area contributed by atoms with Gasteiger partial charge >= 0.3 is 5.97 Å². The van der Waals surface area contributed by atoms with Crippen LogP contribution in [-0.4, -0.2) is 31.8 Å². The zero-order valence-electron chi connectivity index (χ0n) is 8.94. The van der Waals surface area contributed by atoms with Gasteiger partial charge in [-0.05, 0) is 6.92 Å². The molecule has 0 saturated heterocycles. The summed E-state index contributed by atoms with van der Waals surface area (Å²) in [5.74, 6) is 0.218. The second-order valence-corrected chi connectivity index (χ2v) is 2.66. The van der Waals surface area contributed by atoms with E-state index < -0.39 is 5.97 Å². The summed E-state index contributed by atoms with van der Waals surface area (Å²) in [6, 6.07) is 3.01. The molecule has 0 aliphatic heterocycles. The summed E-state index contributed by atoms with van der Waals surface area (Å²) in [5.41, 5.74) is 0.354. The monoisotopic (exact) mass is 211 g/mol. The number of carbonyl (C=O) groups excluding carboxylic acids is 1. The quantitative estimate of drug-likeness (QED) is 0.702. The number of nitrogens with zero attached hydrogens (tertiary/aromatic N) is 1. The van der Waals surface area contributed by atoms with Crippen LogP contribution < -0.4 is 9.47 Å². The molecule has 0 saturated carbocycles. The topological polar surface area (TPSA) is 57.7 Å². The van der Waals surface area contributed by atoms with E-state index in [-0.39, 0.29) is 0 Å². The molecule has 5 heteroatoms. The minimum atomic E-state index is -0.448. The van der Waals surface area contributed by atoms with Crippen molar-refractivity contribution >= 4 is 5.97 Å². The van der Waals surface area contributed by atoms with E-state index in [2.05, 4.69) is 9.72 Å². The van der Waals surface area contributed by atoms with Gasteiger partial charge in [0.25, 0.3) is 0 Å². The minimum absolute atomic E-state index is 0.321. The van der Waals surface area contributed by atoms with Crippen molar-refractivity contribution in [3.63, 3.8) is 0 Å². The number of ether oxygens (including phenoxy) is 3. The van der Waals surface area contributed by atoms with E-state index in [0.29, 0.717) is 23.9 Å². The van der Waals surface area contributed by atoms with Crippen LogP contribution in [0.5, 0.6) is 11.8 Å². The standard InChI is InChI=1S/C10H13NO4/c1-4-15-9-6-7(10(12)14-3)5-8(11-9)13-2/h5-6H,4H2,1-3H3. The molecule has 0 atom stereocenters. The Kier molecular flexibility index (Phi) is 3.91. The third kappa shape index (κ3) is 2.83. The van der Waals surface area contributed by atoms with E-state index in [9.17, 15) is 4.79 Å². The SMILES string of the molecule is CCOc1cc(C(=O)OC)cc(OC)n1. The molecule has 1 rings (SSSR count). The van der Waals surface area contributed by atoms with Crippen LogP contribution in [0.15, 0.2) is 12.1 Å². The summed E-state index contributed by atoms with van der Waals surface area (Å²) in [7, 11) is 2.79. The molecule has 0 unspecified atom stereocenters. The van der Waals surface area contributed by atoms with Crippen molar-refractivity contribution in [3.8, 4) is 11.8 Å². The van der Waals surface area contributed by atoms with E-state index in [1.165, 1.54) is 26.4 Å². The van der Waals surface area contributed by atoms with Gasteiger partial charge in [-0.1, -0.05) is 0 Å². The van der Waals surface area contributed by atoms with E-state index in [0.717, 1.165) is 0 Å². The van der Waals surface area contributed by atoms with E-state index in [4.69, 9.17) is 9.47 Å². The number of pyridine rings is 1. The number of methoxy groups -OCH3 is 2. The fourth-order valence-corrected chi connectivity index (χ4v) is 1.04. The van der Waals surface area contributed by atoms with Gasteiger partial charge in [0.15, 0.2) is 0 Å². The molecule has 1 aromatic heterocycles. The molecule has 1 heterocycles. The van der Waals surface area contributed by atoms with Crippen molar-refractivity contribution in [2.24, 2.45) is 0 Å². The summed E-state index contributed by atoms with van der Waals surface area (Å²) in [6.45, 7) is 2.31. The van der Waals surface area contributed by atoms with Gasteiger partial charge in [0.05, 0.1) is 26.4 Å². The Balaban J connectivity index is 3.05. The molecular weight excluding hydrogens is 198 g/mol. The molecule has 0 fully saturated rings. The highest BCUT2D eigenvalue weighted by atomic mass is 16.5. The first-order valence-corrected chi connectivity index (χ1v) is 4.48. The molecule has 0 aliphatic rings. The number of hydrogen-bond acceptors (Lipinski definition) is 5.